The fraction of sp³-hybridized carbons (Fsp3) is 0.250. The van der Waals surface area contributed by atoms with Gasteiger partial charge >= 0.3 is 5.97 Å². The van der Waals surface area contributed by atoms with Crippen molar-refractivity contribution in [2.24, 2.45) is 0 Å². The predicted octanol–water partition coefficient (Wildman–Crippen LogP) is 3.52. The minimum absolute atomic E-state index is 0.188. The molecule has 0 fully saturated rings. The summed E-state index contributed by atoms with van der Waals surface area (Å²) in [6, 6.07) is 17.8. The molecule has 0 radical (unpaired) electrons. The van der Waals surface area contributed by atoms with E-state index in [2.05, 4.69) is 22.3 Å². The second-order valence-electron chi connectivity index (χ2n) is 5.69. The number of hydrogen-bond acceptors (Lipinski definition) is 6. The number of carbonyl (C=O) groups is 1. The lowest BCUT2D eigenvalue weighted by Crippen LogP contribution is -2.08. The topological polar surface area (TPSA) is 66.2 Å². The average molecular weight is 383 g/mol. The Labute approximate surface area is 162 Å². The number of rotatable bonds is 8. The summed E-state index contributed by atoms with van der Waals surface area (Å²) in [4.78, 5) is 11.7. The Kier molecular flexibility index (Phi) is 6.49. The van der Waals surface area contributed by atoms with Crippen LogP contribution in [0.3, 0.4) is 0 Å². The lowest BCUT2D eigenvalue weighted by atomic mass is 10.1. The second-order valence-corrected chi connectivity index (χ2v) is 6.63. The van der Waals surface area contributed by atoms with E-state index < -0.39 is 0 Å². The smallest absolute Gasteiger partial charge is 0.316 e. The summed E-state index contributed by atoms with van der Waals surface area (Å²) < 4.78 is 12.2. The molecule has 0 aliphatic carbocycles. The molecule has 7 heteroatoms. The van der Waals surface area contributed by atoms with Crippen molar-refractivity contribution in [3.8, 4) is 11.4 Å². The molecule has 1 heterocycles. The molecule has 3 aromatic rings. The van der Waals surface area contributed by atoms with Crippen LogP contribution < -0.4 is 4.74 Å². The summed E-state index contributed by atoms with van der Waals surface area (Å²) in [5, 5.41) is 9.32. The third-order valence-electron chi connectivity index (χ3n) is 3.86. The zero-order chi connectivity index (χ0) is 19.1. The van der Waals surface area contributed by atoms with Crippen LogP contribution in [0.1, 0.15) is 18.3 Å². The first-order valence-corrected chi connectivity index (χ1v) is 9.61. The van der Waals surface area contributed by atoms with E-state index in [-0.39, 0.29) is 11.7 Å². The third kappa shape index (κ3) is 4.89. The van der Waals surface area contributed by atoms with Gasteiger partial charge in [-0.3, -0.25) is 9.36 Å². The standard InChI is InChI=1S/C20H21N3O3S/c1-3-26-19(24)14-27-20-22-21-18(13-15-7-5-4-6-8-15)23(20)16-9-11-17(25-2)12-10-16/h4-12H,3,13-14H2,1-2H3. The van der Waals surface area contributed by atoms with Gasteiger partial charge in [0.2, 0.25) is 0 Å². The zero-order valence-corrected chi connectivity index (χ0v) is 16.1. The molecule has 2 aromatic carbocycles. The Hall–Kier alpha value is -2.80. The van der Waals surface area contributed by atoms with Crippen LogP contribution >= 0.6 is 11.8 Å². The Morgan fingerprint density at radius 2 is 1.81 bits per heavy atom. The first kappa shape index (κ1) is 19.0. The maximum Gasteiger partial charge on any atom is 0.316 e. The molecule has 140 valence electrons. The molecule has 27 heavy (non-hydrogen) atoms. The fourth-order valence-electron chi connectivity index (χ4n) is 2.60. The van der Waals surface area contributed by atoms with E-state index in [0.717, 1.165) is 22.8 Å². The first-order chi connectivity index (χ1) is 13.2. The quantitative estimate of drug-likeness (QED) is 0.438. The number of hydrogen-bond donors (Lipinski definition) is 0. The number of aromatic nitrogens is 3. The van der Waals surface area contributed by atoms with Gasteiger partial charge in [0.1, 0.15) is 11.6 Å². The minimum atomic E-state index is -0.267. The molecule has 0 aliphatic heterocycles. The van der Waals surface area contributed by atoms with Gasteiger partial charge in [0.25, 0.3) is 0 Å². The molecule has 1 aromatic heterocycles. The molecule has 0 spiro atoms. The first-order valence-electron chi connectivity index (χ1n) is 8.62. The Morgan fingerprint density at radius 1 is 1.07 bits per heavy atom. The number of thioether (sulfide) groups is 1. The SMILES string of the molecule is CCOC(=O)CSc1nnc(Cc2ccccc2)n1-c1ccc(OC)cc1. The van der Waals surface area contributed by atoms with Gasteiger partial charge in [-0.15, -0.1) is 10.2 Å². The summed E-state index contributed by atoms with van der Waals surface area (Å²) >= 11 is 1.31. The van der Waals surface area contributed by atoms with Crippen LogP contribution in [0.15, 0.2) is 59.8 Å². The van der Waals surface area contributed by atoms with Crippen molar-refractivity contribution >= 4 is 17.7 Å². The van der Waals surface area contributed by atoms with Crippen LogP contribution in [0.2, 0.25) is 0 Å². The summed E-state index contributed by atoms with van der Waals surface area (Å²) in [5.74, 6) is 1.50. The summed E-state index contributed by atoms with van der Waals surface area (Å²) in [7, 11) is 1.63. The van der Waals surface area contributed by atoms with Gasteiger partial charge in [-0.25, -0.2) is 0 Å². The average Bonchev–Trinajstić information content (AvgIpc) is 3.10. The highest BCUT2D eigenvalue weighted by Gasteiger charge is 2.16. The van der Waals surface area contributed by atoms with Crippen LogP contribution in [-0.2, 0) is 16.0 Å². The van der Waals surface area contributed by atoms with Crippen molar-refractivity contribution in [2.45, 2.75) is 18.5 Å². The van der Waals surface area contributed by atoms with Gasteiger partial charge in [-0.1, -0.05) is 42.1 Å². The van der Waals surface area contributed by atoms with Crippen molar-refractivity contribution < 1.29 is 14.3 Å². The highest BCUT2D eigenvalue weighted by Crippen LogP contribution is 2.25. The van der Waals surface area contributed by atoms with E-state index in [4.69, 9.17) is 9.47 Å². The number of carbonyl (C=O) groups excluding carboxylic acids is 1. The Balaban J connectivity index is 1.91. The number of nitrogens with zero attached hydrogens (tertiary/aromatic N) is 3. The summed E-state index contributed by atoms with van der Waals surface area (Å²) in [6.07, 6.45) is 0.639. The van der Waals surface area contributed by atoms with Crippen LogP contribution in [0.4, 0.5) is 0 Å². The molecule has 6 nitrogen and oxygen atoms in total. The van der Waals surface area contributed by atoms with Crippen molar-refractivity contribution in [3.63, 3.8) is 0 Å². The number of esters is 1. The van der Waals surface area contributed by atoms with Crippen molar-refractivity contribution in [1.29, 1.82) is 0 Å². The predicted molar refractivity (Wildman–Crippen MR) is 105 cm³/mol. The highest BCUT2D eigenvalue weighted by molar-refractivity contribution is 7.99. The maximum atomic E-state index is 11.7. The highest BCUT2D eigenvalue weighted by atomic mass is 32.2. The monoisotopic (exact) mass is 383 g/mol. The third-order valence-corrected chi connectivity index (χ3v) is 4.76. The molecule has 0 bridgehead atoms. The van der Waals surface area contributed by atoms with Crippen molar-refractivity contribution in [3.05, 3.63) is 66.0 Å². The van der Waals surface area contributed by atoms with Crippen LogP contribution in [0, 0.1) is 0 Å². The van der Waals surface area contributed by atoms with Gasteiger partial charge in [0.05, 0.1) is 19.5 Å². The molecular formula is C20H21N3O3S. The van der Waals surface area contributed by atoms with Crippen LogP contribution in [0.5, 0.6) is 5.75 Å². The second kappa shape index (κ2) is 9.23. The molecule has 0 atom stereocenters. The van der Waals surface area contributed by atoms with Gasteiger partial charge in [-0.2, -0.15) is 0 Å². The van der Waals surface area contributed by atoms with Crippen molar-refractivity contribution in [2.75, 3.05) is 19.5 Å². The van der Waals surface area contributed by atoms with E-state index in [9.17, 15) is 4.79 Å². The lowest BCUT2D eigenvalue weighted by molar-refractivity contribution is -0.139. The summed E-state index contributed by atoms with van der Waals surface area (Å²) in [6.45, 7) is 2.16. The molecule has 0 saturated heterocycles. The van der Waals surface area contributed by atoms with E-state index in [1.165, 1.54) is 11.8 Å². The minimum Gasteiger partial charge on any atom is -0.497 e. The zero-order valence-electron chi connectivity index (χ0n) is 15.3. The van der Waals surface area contributed by atoms with E-state index in [1.54, 1.807) is 14.0 Å². The van der Waals surface area contributed by atoms with Gasteiger partial charge in [-0.05, 0) is 36.8 Å². The molecule has 0 amide bonds. The Bertz CT molecular complexity index is 879. The fourth-order valence-corrected chi connectivity index (χ4v) is 3.37. The number of methoxy groups -OCH3 is 1. The number of benzene rings is 2. The molecule has 0 N–H and O–H groups in total. The maximum absolute atomic E-state index is 11.7. The lowest BCUT2D eigenvalue weighted by Gasteiger charge is -2.11. The van der Waals surface area contributed by atoms with Crippen LogP contribution in [-0.4, -0.2) is 40.2 Å². The molecular weight excluding hydrogens is 362 g/mol. The normalized spacial score (nSPS) is 10.6. The van der Waals surface area contributed by atoms with Crippen LogP contribution in [0.25, 0.3) is 5.69 Å². The largest absolute Gasteiger partial charge is 0.497 e. The van der Waals surface area contributed by atoms with Gasteiger partial charge < -0.3 is 9.47 Å². The van der Waals surface area contributed by atoms with Gasteiger partial charge in [0.15, 0.2) is 5.16 Å². The molecule has 0 saturated carbocycles. The van der Waals surface area contributed by atoms with E-state index in [1.807, 2.05) is 47.0 Å². The number of ether oxygens (including phenoxy) is 2. The van der Waals surface area contributed by atoms with E-state index >= 15 is 0 Å². The van der Waals surface area contributed by atoms with Crippen molar-refractivity contribution in [1.82, 2.24) is 14.8 Å². The Morgan fingerprint density at radius 3 is 2.48 bits per heavy atom. The molecule has 0 unspecified atom stereocenters. The molecule has 3 rings (SSSR count). The van der Waals surface area contributed by atoms with E-state index in [0.29, 0.717) is 18.2 Å². The molecule has 0 aliphatic rings. The summed E-state index contributed by atoms with van der Waals surface area (Å²) in [5.41, 5.74) is 2.06. The van der Waals surface area contributed by atoms with Gasteiger partial charge in [0, 0.05) is 12.1 Å².